The molecule has 2 heterocycles. The van der Waals surface area contributed by atoms with Crippen LogP contribution in [0.3, 0.4) is 0 Å². The normalized spacial score (nSPS) is 21.1. The Kier molecular flexibility index (Phi) is 6.84. The molecular weight excluding hydrogens is 305 g/mol. The van der Waals surface area contributed by atoms with Crippen LogP contribution < -0.4 is 5.32 Å². The predicted molar refractivity (Wildman–Crippen MR) is 83.7 cm³/mol. The van der Waals surface area contributed by atoms with Gasteiger partial charge in [0.25, 0.3) is 0 Å². The highest BCUT2D eigenvalue weighted by atomic mass is 35.5. The molecule has 0 unspecified atom stereocenters. The highest BCUT2D eigenvalue weighted by molar-refractivity contribution is 6.31. The largest absolute Gasteiger partial charge is 0.314 e. The smallest absolute Gasteiger partial charge is 0.0637 e. The van der Waals surface area contributed by atoms with Gasteiger partial charge in [0.15, 0.2) is 0 Å². The van der Waals surface area contributed by atoms with Crippen LogP contribution in [-0.2, 0) is 0 Å². The van der Waals surface area contributed by atoms with E-state index in [1.54, 1.807) is 6.20 Å². The van der Waals surface area contributed by atoms with Crippen LogP contribution in [0.2, 0.25) is 5.02 Å². The Labute approximate surface area is 131 Å². The average molecular weight is 325 g/mol. The van der Waals surface area contributed by atoms with Crippen molar-refractivity contribution >= 4 is 36.4 Å². The van der Waals surface area contributed by atoms with Crippen molar-refractivity contribution in [3.05, 3.63) is 29.0 Å². The summed E-state index contributed by atoms with van der Waals surface area (Å²) in [6, 6.07) is 2.60. The number of hydrogen-bond donors (Lipinski definition) is 1. The molecule has 0 bridgehead atoms. The molecule has 108 valence electrons. The molecule has 2 fully saturated rings. The van der Waals surface area contributed by atoms with Crippen LogP contribution in [0.25, 0.3) is 0 Å². The number of nitrogens with one attached hydrogen (secondary N) is 1. The zero-order valence-corrected chi connectivity index (χ0v) is 13.1. The van der Waals surface area contributed by atoms with Crippen LogP contribution in [0, 0.1) is 5.92 Å². The Morgan fingerprint density at radius 3 is 2.53 bits per heavy atom. The van der Waals surface area contributed by atoms with E-state index in [1.807, 2.05) is 6.20 Å². The van der Waals surface area contributed by atoms with Crippen molar-refractivity contribution in [2.24, 2.45) is 5.92 Å². The SMILES string of the molecule is Cl.Cl.Clc1cnccc1[C@@H](C1CC1)N1CCNCC1. The molecule has 1 aliphatic heterocycles. The van der Waals surface area contributed by atoms with Gasteiger partial charge in [-0.2, -0.15) is 0 Å². The number of halogens is 3. The lowest BCUT2D eigenvalue weighted by Crippen LogP contribution is -2.45. The number of piperazine rings is 1. The fourth-order valence-electron chi connectivity index (χ4n) is 2.75. The first-order valence-electron chi connectivity index (χ1n) is 6.40. The van der Waals surface area contributed by atoms with Crippen molar-refractivity contribution in [1.29, 1.82) is 0 Å². The third-order valence-corrected chi connectivity index (χ3v) is 4.05. The minimum atomic E-state index is 0. The molecule has 1 atom stereocenters. The van der Waals surface area contributed by atoms with Crippen LogP contribution in [0.15, 0.2) is 18.5 Å². The van der Waals surface area contributed by atoms with E-state index >= 15 is 0 Å². The van der Waals surface area contributed by atoms with E-state index in [0.717, 1.165) is 37.1 Å². The third-order valence-electron chi connectivity index (χ3n) is 3.74. The Morgan fingerprint density at radius 1 is 1.26 bits per heavy atom. The van der Waals surface area contributed by atoms with Gasteiger partial charge in [-0.1, -0.05) is 11.6 Å². The minimum absolute atomic E-state index is 0. The quantitative estimate of drug-likeness (QED) is 0.926. The molecule has 19 heavy (non-hydrogen) atoms. The van der Waals surface area contributed by atoms with Gasteiger partial charge >= 0.3 is 0 Å². The summed E-state index contributed by atoms with van der Waals surface area (Å²) in [6.07, 6.45) is 6.31. The maximum Gasteiger partial charge on any atom is 0.0637 e. The highest BCUT2D eigenvalue weighted by Gasteiger charge is 2.37. The van der Waals surface area contributed by atoms with Crippen molar-refractivity contribution in [3.8, 4) is 0 Å². The van der Waals surface area contributed by atoms with Crippen LogP contribution >= 0.6 is 36.4 Å². The summed E-state index contributed by atoms with van der Waals surface area (Å²) >= 11 is 6.31. The summed E-state index contributed by atoms with van der Waals surface area (Å²) < 4.78 is 0. The number of nitrogens with zero attached hydrogens (tertiary/aromatic N) is 2. The van der Waals surface area contributed by atoms with Crippen molar-refractivity contribution in [1.82, 2.24) is 15.2 Å². The lowest BCUT2D eigenvalue weighted by molar-refractivity contribution is 0.156. The fraction of sp³-hybridized carbons (Fsp3) is 0.615. The van der Waals surface area contributed by atoms with Gasteiger partial charge in [-0.05, 0) is 30.4 Å². The first-order valence-corrected chi connectivity index (χ1v) is 6.78. The monoisotopic (exact) mass is 323 g/mol. The number of pyridine rings is 1. The van der Waals surface area contributed by atoms with Gasteiger partial charge in [0.05, 0.1) is 5.02 Å². The summed E-state index contributed by atoms with van der Waals surface area (Å²) in [5.41, 5.74) is 1.27. The fourth-order valence-corrected chi connectivity index (χ4v) is 2.98. The summed E-state index contributed by atoms with van der Waals surface area (Å²) in [5, 5.41) is 4.23. The topological polar surface area (TPSA) is 28.2 Å². The zero-order chi connectivity index (χ0) is 11.7. The maximum atomic E-state index is 6.31. The average Bonchev–Trinajstić information content (AvgIpc) is 3.18. The molecule has 1 aromatic rings. The van der Waals surface area contributed by atoms with Crippen molar-refractivity contribution in [3.63, 3.8) is 0 Å². The van der Waals surface area contributed by atoms with Gasteiger partial charge in [0.2, 0.25) is 0 Å². The molecule has 2 aliphatic rings. The molecule has 1 aliphatic carbocycles. The van der Waals surface area contributed by atoms with Gasteiger partial charge < -0.3 is 5.32 Å². The molecule has 3 rings (SSSR count). The molecule has 0 spiro atoms. The Balaban J connectivity index is 0.000000902. The second-order valence-electron chi connectivity index (χ2n) is 4.97. The standard InChI is InChI=1S/C13H18ClN3.2ClH/c14-12-9-16-4-3-11(12)13(10-1-2-10)17-7-5-15-6-8-17;;/h3-4,9-10,13,15H,1-2,5-8H2;2*1H/t13-;;/m1../s1. The Bertz CT molecular complexity index is 392. The molecule has 0 aromatic carbocycles. The third kappa shape index (κ3) is 3.96. The lowest BCUT2D eigenvalue weighted by atomic mass is 10.0. The van der Waals surface area contributed by atoms with E-state index in [9.17, 15) is 0 Å². The first-order chi connectivity index (χ1) is 8.36. The molecule has 1 saturated carbocycles. The molecule has 0 radical (unpaired) electrons. The van der Waals surface area contributed by atoms with Crippen LogP contribution in [0.1, 0.15) is 24.4 Å². The summed E-state index contributed by atoms with van der Waals surface area (Å²) in [5.74, 6) is 0.799. The molecule has 0 amide bonds. The maximum absolute atomic E-state index is 6.31. The number of aromatic nitrogens is 1. The Morgan fingerprint density at radius 2 is 1.95 bits per heavy atom. The molecule has 1 saturated heterocycles. The van der Waals surface area contributed by atoms with Gasteiger partial charge in [-0.3, -0.25) is 9.88 Å². The number of rotatable bonds is 3. The van der Waals surface area contributed by atoms with Gasteiger partial charge in [-0.25, -0.2) is 0 Å². The molecule has 3 nitrogen and oxygen atoms in total. The van der Waals surface area contributed by atoms with Crippen LogP contribution in [0.5, 0.6) is 0 Å². The molecule has 1 aromatic heterocycles. The van der Waals surface area contributed by atoms with Crippen molar-refractivity contribution in [2.75, 3.05) is 26.2 Å². The highest BCUT2D eigenvalue weighted by Crippen LogP contribution is 2.46. The lowest BCUT2D eigenvalue weighted by Gasteiger charge is -2.35. The predicted octanol–water partition coefficient (Wildman–Crippen LogP) is 2.93. The van der Waals surface area contributed by atoms with Crippen LogP contribution in [0.4, 0.5) is 0 Å². The molecule has 1 N–H and O–H groups in total. The second kappa shape index (κ2) is 7.65. The number of hydrogen-bond acceptors (Lipinski definition) is 3. The van der Waals surface area contributed by atoms with Gasteiger partial charge in [0, 0.05) is 44.6 Å². The van der Waals surface area contributed by atoms with E-state index in [0.29, 0.717) is 6.04 Å². The van der Waals surface area contributed by atoms with Gasteiger partial charge in [-0.15, -0.1) is 24.8 Å². The Hall–Kier alpha value is -0.0600. The zero-order valence-electron chi connectivity index (χ0n) is 10.7. The van der Waals surface area contributed by atoms with E-state index in [2.05, 4.69) is 21.3 Å². The summed E-state index contributed by atoms with van der Waals surface area (Å²) in [7, 11) is 0. The van der Waals surface area contributed by atoms with E-state index in [-0.39, 0.29) is 24.8 Å². The van der Waals surface area contributed by atoms with E-state index < -0.39 is 0 Å². The minimum Gasteiger partial charge on any atom is -0.314 e. The van der Waals surface area contributed by atoms with Crippen LogP contribution in [-0.4, -0.2) is 36.1 Å². The van der Waals surface area contributed by atoms with Crippen molar-refractivity contribution in [2.45, 2.75) is 18.9 Å². The molecule has 6 heteroatoms. The van der Waals surface area contributed by atoms with E-state index in [4.69, 9.17) is 11.6 Å². The van der Waals surface area contributed by atoms with Gasteiger partial charge in [0.1, 0.15) is 0 Å². The second-order valence-corrected chi connectivity index (χ2v) is 5.37. The van der Waals surface area contributed by atoms with Crippen molar-refractivity contribution < 1.29 is 0 Å². The first kappa shape index (κ1) is 17.0. The summed E-state index contributed by atoms with van der Waals surface area (Å²) in [6.45, 7) is 4.43. The molecular formula is C13H20Cl3N3. The van der Waals surface area contributed by atoms with E-state index in [1.165, 1.54) is 18.4 Å². The summed E-state index contributed by atoms with van der Waals surface area (Å²) in [4.78, 5) is 6.67.